The van der Waals surface area contributed by atoms with Gasteiger partial charge in [0, 0.05) is 15.7 Å². The van der Waals surface area contributed by atoms with Crippen LogP contribution in [0.4, 0.5) is 5.69 Å². The summed E-state index contributed by atoms with van der Waals surface area (Å²) in [6, 6.07) is 25.3. The summed E-state index contributed by atoms with van der Waals surface area (Å²) in [5.74, 6) is -1.53. The van der Waals surface area contributed by atoms with Crippen LogP contribution in [0.15, 0.2) is 101 Å². The number of aliphatic hydroxyl groups excluding tert-OH is 1. The van der Waals surface area contributed by atoms with Gasteiger partial charge in [-0.2, -0.15) is 0 Å². The minimum atomic E-state index is -0.760. The molecule has 7 heteroatoms. The van der Waals surface area contributed by atoms with E-state index >= 15 is 0 Å². The van der Waals surface area contributed by atoms with Crippen molar-refractivity contribution in [1.29, 1.82) is 0 Å². The SMILES string of the molecule is Cc1nc(-c2ccccc2)sc1C(=O)C1=C(O)C(=O)N(c2ccc(Br)cc2)C1c1ccccc1. The van der Waals surface area contributed by atoms with Crippen molar-refractivity contribution in [1.82, 2.24) is 4.98 Å². The zero-order valence-corrected chi connectivity index (χ0v) is 20.5. The second kappa shape index (κ2) is 9.00. The molecular weight excluding hydrogens is 512 g/mol. The first kappa shape index (κ1) is 22.3. The summed E-state index contributed by atoms with van der Waals surface area (Å²) in [6.07, 6.45) is 0. The van der Waals surface area contributed by atoms with Crippen molar-refractivity contribution in [2.24, 2.45) is 0 Å². The third kappa shape index (κ3) is 3.87. The Labute approximate surface area is 209 Å². The number of benzene rings is 3. The normalized spacial score (nSPS) is 15.8. The van der Waals surface area contributed by atoms with Gasteiger partial charge in [0.1, 0.15) is 5.01 Å². The summed E-state index contributed by atoms with van der Waals surface area (Å²) in [5, 5.41) is 11.7. The number of nitrogens with zero attached hydrogens (tertiary/aromatic N) is 2. The number of ketones is 1. The standard InChI is InChI=1S/C27H19BrN2O3S/c1-16-25(34-26(29-16)18-10-6-3-7-11-18)23(31)21-22(17-8-4-2-5-9-17)30(27(33)24(21)32)20-14-12-19(28)13-15-20/h2-15,22,32H,1H3. The first-order valence-electron chi connectivity index (χ1n) is 10.6. The Hall–Kier alpha value is -3.55. The van der Waals surface area contributed by atoms with Crippen molar-refractivity contribution < 1.29 is 14.7 Å². The number of carbonyl (C=O) groups is 2. The van der Waals surface area contributed by atoms with Crippen molar-refractivity contribution in [3.05, 3.63) is 117 Å². The predicted octanol–water partition coefficient (Wildman–Crippen LogP) is 6.66. The highest BCUT2D eigenvalue weighted by molar-refractivity contribution is 9.10. The van der Waals surface area contributed by atoms with E-state index in [-0.39, 0.29) is 5.57 Å². The summed E-state index contributed by atoms with van der Waals surface area (Å²) < 4.78 is 0.862. The van der Waals surface area contributed by atoms with Gasteiger partial charge in [-0.3, -0.25) is 14.5 Å². The van der Waals surface area contributed by atoms with Crippen LogP contribution >= 0.6 is 27.3 Å². The highest BCUT2D eigenvalue weighted by Crippen LogP contribution is 2.43. The fourth-order valence-electron chi connectivity index (χ4n) is 4.09. The van der Waals surface area contributed by atoms with Gasteiger partial charge < -0.3 is 5.11 Å². The highest BCUT2D eigenvalue weighted by Gasteiger charge is 2.45. The molecule has 34 heavy (non-hydrogen) atoms. The molecule has 0 fully saturated rings. The number of aryl methyl sites for hydroxylation is 1. The van der Waals surface area contributed by atoms with E-state index in [1.807, 2.05) is 72.8 Å². The molecule has 1 aliphatic rings. The number of thiazole rings is 1. The Kier molecular flexibility index (Phi) is 5.89. The number of hydrogen-bond donors (Lipinski definition) is 1. The molecule has 1 N–H and O–H groups in total. The van der Waals surface area contributed by atoms with Gasteiger partial charge in [-0.1, -0.05) is 76.6 Å². The molecule has 5 nitrogen and oxygen atoms in total. The van der Waals surface area contributed by atoms with Crippen LogP contribution < -0.4 is 4.90 Å². The quantitative estimate of drug-likeness (QED) is 0.292. The lowest BCUT2D eigenvalue weighted by Gasteiger charge is -2.27. The number of aliphatic hydroxyl groups is 1. The van der Waals surface area contributed by atoms with E-state index in [9.17, 15) is 14.7 Å². The zero-order chi connectivity index (χ0) is 23.8. The number of aromatic nitrogens is 1. The van der Waals surface area contributed by atoms with Crippen LogP contribution in [-0.2, 0) is 4.79 Å². The molecule has 3 aromatic carbocycles. The van der Waals surface area contributed by atoms with Gasteiger partial charge in [0.2, 0.25) is 5.78 Å². The zero-order valence-electron chi connectivity index (χ0n) is 18.1. The average molecular weight is 531 g/mol. The lowest BCUT2D eigenvalue weighted by molar-refractivity contribution is -0.117. The molecule has 1 aliphatic heterocycles. The molecule has 1 amide bonds. The fraction of sp³-hybridized carbons (Fsp3) is 0.0741. The van der Waals surface area contributed by atoms with E-state index in [0.717, 1.165) is 15.6 Å². The Bertz CT molecular complexity index is 1410. The molecule has 1 atom stereocenters. The summed E-state index contributed by atoms with van der Waals surface area (Å²) in [6.45, 7) is 1.77. The first-order valence-corrected chi connectivity index (χ1v) is 12.2. The Balaban J connectivity index is 1.62. The second-order valence-corrected chi connectivity index (χ2v) is 9.77. The van der Waals surface area contributed by atoms with E-state index in [1.165, 1.54) is 16.2 Å². The third-order valence-corrected chi connectivity index (χ3v) is 7.43. The van der Waals surface area contributed by atoms with Gasteiger partial charge in [-0.05, 0) is 36.8 Å². The smallest absolute Gasteiger partial charge is 0.294 e. The largest absolute Gasteiger partial charge is 0.503 e. The minimum Gasteiger partial charge on any atom is -0.503 e. The molecule has 4 aromatic rings. The molecule has 5 rings (SSSR count). The predicted molar refractivity (Wildman–Crippen MR) is 137 cm³/mol. The van der Waals surface area contributed by atoms with Crippen LogP contribution in [-0.4, -0.2) is 21.8 Å². The van der Waals surface area contributed by atoms with Crippen LogP contribution in [0.1, 0.15) is 27.0 Å². The number of Topliss-reactive ketones (excluding diaryl/α,β-unsaturated/α-hetero) is 1. The van der Waals surface area contributed by atoms with Crippen LogP contribution in [0.25, 0.3) is 10.6 Å². The van der Waals surface area contributed by atoms with Crippen molar-refractivity contribution >= 4 is 44.6 Å². The van der Waals surface area contributed by atoms with Crippen molar-refractivity contribution in [2.45, 2.75) is 13.0 Å². The van der Waals surface area contributed by atoms with Crippen molar-refractivity contribution in [3.63, 3.8) is 0 Å². The molecule has 0 saturated heterocycles. The van der Waals surface area contributed by atoms with Crippen molar-refractivity contribution in [3.8, 4) is 10.6 Å². The third-order valence-electron chi connectivity index (χ3n) is 5.70. The van der Waals surface area contributed by atoms with Crippen LogP contribution in [0.3, 0.4) is 0 Å². The molecule has 1 unspecified atom stereocenters. The average Bonchev–Trinajstić information content (AvgIpc) is 3.38. The molecule has 0 aliphatic carbocycles. The molecule has 2 heterocycles. The maximum Gasteiger partial charge on any atom is 0.294 e. The molecule has 168 valence electrons. The number of rotatable bonds is 5. The molecule has 1 aromatic heterocycles. The lowest BCUT2D eigenvalue weighted by Crippen LogP contribution is -2.31. The number of hydrogen-bond acceptors (Lipinski definition) is 5. The van der Waals surface area contributed by atoms with Crippen LogP contribution in [0.2, 0.25) is 0 Å². The topological polar surface area (TPSA) is 70.5 Å². The van der Waals surface area contributed by atoms with E-state index in [0.29, 0.717) is 21.3 Å². The van der Waals surface area contributed by atoms with E-state index in [2.05, 4.69) is 20.9 Å². The maximum atomic E-state index is 13.8. The molecule has 0 spiro atoms. The monoisotopic (exact) mass is 530 g/mol. The Morgan fingerprint density at radius 3 is 2.24 bits per heavy atom. The van der Waals surface area contributed by atoms with Gasteiger partial charge in [0.25, 0.3) is 5.91 Å². The Morgan fingerprint density at radius 2 is 1.59 bits per heavy atom. The number of amides is 1. The van der Waals surface area contributed by atoms with E-state index in [1.54, 1.807) is 19.1 Å². The summed E-state index contributed by atoms with van der Waals surface area (Å²) >= 11 is 4.68. The van der Waals surface area contributed by atoms with Gasteiger partial charge in [-0.25, -0.2) is 4.98 Å². The molecule has 0 saturated carbocycles. The fourth-order valence-corrected chi connectivity index (χ4v) is 5.38. The summed E-state index contributed by atoms with van der Waals surface area (Å²) in [5.41, 5.74) is 2.85. The van der Waals surface area contributed by atoms with E-state index in [4.69, 9.17) is 0 Å². The maximum absolute atomic E-state index is 13.8. The number of halogens is 1. The molecular formula is C27H19BrN2O3S. The summed E-state index contributed by atoms with van der Waals surface area (Å²) in [4.78, 5) is 33.6. The number of carbonyl (C=O) groups excluding carboxylic acids is 2. The Morgan fingerprint density at radius 1 is 0.971 bits per heavy atom. The van der Waals surface area contributed by atoms with Gasteiger partial charge >= 0.3 is 0 Å². The van der Waals surface area contributed by atoms with Gasteiger partial charge in [-0.15, -0.1) is 11.3 Å². The van der Waals surface area contributed by atoms with Crippen LogP contribution in [0, 0.1) is 6.92 Å². The van der Waals surface area contributed by atoms with Crippen molar-refractivity contribution in [2.75, 3.05) is 4.90 Å². The van der Waals surface area contributed by atoms with E-state index < -0.39 is 23.5 Å². The van der Waals surface area contributed by atoms with Gasteiger partial charge in [0.15, 0.2) is 5.76 Å². The lowest BCUT2D eigenvalue weighted by atomic mass is 9.95. The molecule has 0 radical (unpaired) electrons. The highest BCUT2D eigenvalue weighted by atomic mass is 79.9. The number of anilines is 1. The van der Waals surface area contributed by atoms with Crippen LogP contribution in [0.5, 0.6) is 0 Å². The molecule has 0 bridgehead atoms. The van der Waals surface area contributed by atoms with Gasteiger partial charge in [0.05, 0.1) is 22.2 Å². The first-order chi connectivity index (χ1) is 16.5. The second-order valence-electron chi connectivity index (χ2n) is 7.86. The summed E-state index contributed by atoms with van der Waals surface area (Å²) in [7, 11) is 0. The minimum absolute atomic E-state index is 0.0606.